The van der Waals surface area contributed by atoms with Crippen LogP contribution in [-0.2, 0) is 25.8 Å². The maximum absolute atomic E-state index is 13.3. The number of halogens is 4. The fraction of sp³-hybridized carbons (Fsp3) is 0.292. The topological polar surface area (TPSA) is 132 Å². The highest BCUT2D eigenvalue weighted by Gasteiger charge is 2.37. The smallest absolute Gasteiger partial charge is 0.416 e. The lowest BCUT2D eigenvalue weighted by Crippen LogP contribution is -2.44. The Morgan fingerprint density at radius 3 is 2.53 bits per heavy atom. The Hall–Kier alpha value is -3.58. The van der Waals surface area contributed by atoms with Crippen LogP contribution in [0.2, 0.25) is 5.02 Å². The largest absolute Gasteiger partial charge is 0.493 e. The molecule has 0 unspecified atom stereocenters. The maximum Gasteiger partial charge on any atom is 0.416 e. The van der Waals surface area contributed by atoms with Gasteiger partial charge in [-0.1, -0.05) is 17.7 Å². The molecule has 3 aromatic rings. The fourth-order valence-corrected chi connectivity index (χ4v) is 4.96. The van der Waals surface area contributed by atoms with Gasteiger partial charge in [0.2, 0.25) is 10.0 Å². The van der Waals surface area contributed by atoms with Gasteiger partial charge in [0.05, 0.1) is 33.4 Å². The summed E-state index contributed by atoms with van der Waals surface area (Å²) in [6.45, 7) is -0.333. The average molecular weight is 573 g/mol. The Labute approximate surface area is 219 Å². The first-order valence-corrected chi connectivity index (χ1v) is 13.2. The molecule has 0 bridgehead atoms. The van der Waals surface area contributed by atoms with Gasteiger partial charge in [-0.25, -0.2) is 13.1 Å². The number of nitrogens with one attached hydrogen (secondary N) is 2. The molecule has 0 saturated heterocycles. The van der Waals surface area contributed by atoms with Gasteiger partial charge in [0.25, 0.3) is 0 Å². The van der Waals surface area contributed by atoms with E-state index in [2.05, 4.69) is 5.32 Å². The molecule has 1 heterocycles. The summed E-state index contributed by atoms with van der Waals surface area (Å²) in [6, 6.07) is 8.33. The highest BCUT2D eigenvalue weighted by atomic mass is 35.5. The Balaban J connectivity index is 1.46. The van der Waals surface area contributed by atoms with Crippen molar-refractivity contribution in [2.24, 2.45) is 0 Å². The first-order chi connectivity index (χ1) is 17.9. The SMILES string of the molecule is O=C(NCCCOc1cc(C(F)(F)F)ccc1-c1cc(=O)c2cccc(Cl)c2o1)C(=O)NS(=O)(=O)C1CC1. The lowest BCUT2D eigenvalue weighted by Gasteiger charge is -2.15. The van der Waals surface area contributed by atoms with Gasteiger partial charge < -0.3 is 14.5 Å². The number of rotatable bonds is 8. The van der Waals surface area contributed by atoms with Gasteiger partial charge in [-0.15, -0.1) is 0 Å². The number of alkyl halides is 3. The quantitative estimate of drug-likeness (QED) is 0.311. The van der Waals surface area contributed by atoms with E-state index in [1.807, 2.05) is 0 Å². The molecule has 38 heavy (non-hydrogen) atoms. The lowest BCUT2D eigenvalue weighted by atomic mass is 10.1. The van der Waals surface area contributed by atoms with Crippen molar-refractivity contribution in [3.8, 4) is 17.1 Å². The molecule has 1 aliphatic carbocycles. The van der Waals surface area contributed by atoms with Crippen LogP contribution >= 0.6 is 11.6 Å². The number of amides is 2. The number of sulfonamides is 1. The van der Waals surface area contributed by atoms with Crippen LogP contribution in [0.3, 0.4) is 0 Å². The summed E-state index contributed by atoms with van der Waals surface area (Å²) < 4.78 is 76.4. The molecule has 0 atom stereocenters. The van der Waals surface area contributed by atoms with E-state index in [9.17, 15) is 36.0 Å². The molecule has 0 aliphatic heterocycles. The van der Waals surface area contributed by atoms with Crippen molar-refractivity contribution in [2.45, 2.75) is 30.7 Å². The predicted octanol–water partition coefficient (Wildman–Crippen LogP) is 3.63. The Morgan fingerprint density at radius 2 is 1.84 bits per heavy atom. The minimum atomic E-state index is -4.67. The van der Waals surface area contributed by atoms with E-state index in [1.165, 1.54) is 12.1 Å². The van der Waals surface area contributed by atoms with Crippen LogP contribution < -0.4 is 20.2 Å². The van der Waals surface area contributed by atoms with Crippen molar-refractivity contribution in [1.82, 2.24) is 10.0 Å². The van der Waals surface area contributed by atoms with Gasteiger partial charge in [0.1, 0.15) is 11.5 Å². The summed E-state index contributed by atoms with van der Waals surface area (Å²) in [7, 11) is -3.89. The number of para-hydroxylation sites is 1. The number of carbonyl (C=O) groups is 2. The van der Waals surface area contributed by atoms with E-state index in [4.69, 9.17) is 20.8 Å². The molecule has 1 aromatic heterocycles. The predicted molar refractivity (Wildman–Crippen MR) is 131 cm³/mol. The third-order valence-corrected chi connectivity index (χ3v) is 7.67. The van der Waals surface area contributed by atoms with E-state index in [0.29, 0.717) is 12.8 Å². The minimum absolute atomic E-state index is 0.0532. The van der Waals surface area contributed by atoms with Gasteiger partial charge >= 0.3 is 18.0 Å². The average Bonchev–Trinajstić information content (AvgIpc) is 3.70. The standard InChI is InChI=1S/C24H20ClF3N2O7S/c25-17-4-1-3-15-18(31)12-20(37-21(15)17)16-8-5-13(24(26,27)28)11-19(16)36-10-2-9-29-22(32)23(33)30-38(34,35)14-6-7-14/h1,3-5,8,11-12,14H,2,6-7,9-10H2,(H,29,32)(H,30,33). The minimum Gasteiger partial charge on any atom is -0.493 e. The molecule has 2 amide bonds. The molecule has 202 valence electrons. The summed E-state index contributed by atoms with van der Waals surface area (Å²) in [4.78, 5) is 36.2. The van der Waals surface area contributed by atoms with Crippen molar-refractivity contribution < 1.29 is 40.3 Å². The van der Waals surface area contributed by atoms with Crippen molar-refractivity contribution >= 4 is 44.4 Å². The van der Waals surface area contributed by atoms with Crippen LogP contribution in [0.5, 0.6) is 5.75 Å². The zero-order chi connectivity index (χ0) is 27.7. The van der Waals surface area contributed by atoms with Crippen LogP contribution in [0.15, 0.2) is 51.7 Å². The number of ether oxygens (including phenoxy) is 1. The molecule has 9 nitrogen and oxygen atoms in total. The van der Waals surface area contributed by atoms with Gasteiger partial charge in [-0.05, 0) is 49.6 Å². The monoisotopic (exact) mass is 572 g/mol. The number of benzene rings is 2. The summed E-state index contributed by atoms with van der Waals surface area (Å²) in [5.74, 6) is -2.82. The lowest BCUT2D eigenvalue weighted by molar-refractivity contribution is -0.138. The van der Waals surface area contributed by atoms with Crippen LogP contribution in [0.4, 0.5) is 13.2 Å². The molecule has 2 N–H and O–H groups in total. The third kappa shape index (κ3) is 6.27. The normalized spacial score (nSPS) is 13.8. The fourth-order valence-electron chi connectivity index (χ4n) is 3.47. The summed E-state index contributed by atoms with van der Waals surface area (Å²) in [5, 5.41) is 1.87. The Bertz CT molecular complexity index is 1570. The molecule has 0 spiro atoms. The van der Waals surface area contributed by atoms with Crippen LogP contribution in [0.25, 0.3) is 22.3 Å². The molecule has 4 rings (SSSR count). The number of fused-ring (bicyclic) bond motifs is 1. The van der Waals surface area contributed by atoms with Crippen molar-refractivity contribution in [3.05, 3.63) is 63.3 Å². The van der Waals surface area contributed by atoms with Gasteiger partial charge in [-0.2, -0.15) is 13.2 Å². The van der Waals surface area contributed by atoms with E-state index in [1.54, 1.807) is 10.8 Å². The van der Waals surface area contributed by atoms with Gasteiger partial charge in [0, 0.05) is 12.6 Å². The first-order valence-electron chi connectivity index (χ1n) is 11.3. The Morgan fingerprint density at radius 1 is 1.11 bits per heavy atom. The van der Waals surface area contributed by atoms with E-state index in [-0.39, 0.29) is 52.6 Å². The van der Waals surface area contributed by atoms with E-state index in [0.717, 1.165) is 24.3 Å². The maximum atomic E-state index is 13.3. The van der Waals surface area contributed by atoms with E-state index >= 15 is 0 Å². The first kappa shape index (κ1) is 27.5. The Kier molecular flexibility index (Phi) is 7.70. The molecule has 0 radical (unpaired) electrons. The van der Waals surface area contributed by atoms with Crippen LogP contribution in [-0.4, -0.2) is 38.6 Å². The van der Waals surface area contributed by atoms with Crippen molar-refractivity contribution in [2.75, 3.05) is 13.2 Å². The van der Waals surface area contributed by atoms with Crippen molar-refractivity contribution in [1.29, 1.82) is 0 Å². The van der Waals surface area contributed by atoms with E-state index < -0.39 is 44.3 Å². The zero-order valence-corrected chi connectivity index (χ0v) is 21.0. The highest BCUT2D eigenvalue weighted by Crippen LogP contribution is 2.38. The molecular formula is C24H20ClF3N2O7S. The molecule has 1 aliphatic rings. The zero-order valence-electron chi connectivity index (χ0n) is 19.4. The molecule has 14 heteroatoms. The molecule has 2 aromatic carbocycles. The summed E-state index contributed by atoms with van der Waals surface area (Å²) in [5.41, 5.74) is -1.34. The second-order valence-corrected chi connectivity index (χ2v) is 10.8. The van der Waals surface area contributed by atoms with Gasteiger partial charge in [0.15, 0.2) is 11.0 Å². The second kappa shape index (κ2) is 10.7. The molecule has 1 saturated carbocycles. The van der Waals surface area contributed by atoms with Crippen molar-refractivity contribution in [3.63, 3.8) is 0 Å². The summed E-state index contributed by atoms with van der Waals surface area (Å²) >= 11 is 6.12. The van der Waals surface area contributed by atoms with Gasteiger partial charge in [-0.3, -0.25) is 14.4 Å². The highest BCUT2D eigenvalue weighted by molar-refractivity contribution is 7.91. The molecule has 1 fully saturated rings. The number of hydrogen-bond donors (Lipinski definition) is 2. The van der Waals surface area contributed by atoms with Crippen LogP contribution in [0.1, 0.15) is 24.8 Å². The number of hydrogen-bond acceptors (Lipinski definition) is 7. The number of carbonyl (C=O) groups excluding carboxylic acids is 2. The third-order valence-electron chi connectivity index (χ3n) is 5.55. The second-order valence-electron chi connectivity index (χ2n) is 8.43. The molecular weight excluding hydrogens is 553 g/mol. The summed E-state index contributed by atoms with van der Waals surface area (Å²) in [6.07, 6.45) is -3.80. The van der Waals surface area contributed by atoms with Crippen LogP contribution in [0, 0.1) is 0 Å².